The molecule has 0 radical (unpaired) electrons. The highest BCUT2D eigenvalue weighted by Gasteiger charge is 2.53. The highest BCUT2D eigenvalue weighted by Crippen LogP contribution is 2.57. The molecule has 24 heavy (non-hydrogen) atoms. The third-order valence-electron chi connectivity index (χ3n) is 4.26. The van der Waals surface area contributed by atoms with E-state index in [0.717, 1.165) is 0 Å². The van der Waals surface area contributed by atoms with E-state index in [0.29, 0.717) is 0 Å². The summed E-state index contributed by atoms with van der Waals surface area (Å²) < 4.78 is 73.7. The van der Waals surface area contributed by atoms with E-state index < -0.39 is 24.8 Å². The van der Waals surface area contributed by atoms with Gasteiger partial charge in [-0.15, -0.1) is 17.6 Å². The van der Waals surface area contributed by atoms with Gasteiger partial charge in [0.05, 0.1) is 0 Å². The Balaban J connectivity index is 1.82. The quantitative estimate of drug-likeness (QED) is 0.677. The average molecular weight is 340 g/mol. The van der Waals surface area contributed by atoms with Crippen LogP contribution < -0.4 is 9.47 Å². The van der Waals surface area contributed by atoms with Gasteiger partial charge in [-0.25, -0.2) is 0 Å². The summed E-state index contributed by atoms with van der Waals surface area (Å²) in [5.41, 5.74) is 1.10. The molecule has 2 atom stereocenters. The molecule has 2 heterocycles. The van der Waals surface area contributed by atoms with Crippen LogP contribution in [0.3, 0.4) is 0 Å². The molecule has 2 aromatic rings. The van der Waals surface area contributed by atoms with E-state index in [1.54, 1.807) is 0 Å². The van der Waals surface area contributed by atoms with E-state index >= 15 is 0 Å². The second-order valence-electron chi connectivity index (χ2n) is 5.64. The molecular weight excluding hydrogens is 332 g/mol. The lowest BCUT2D eigenvalue weighted by molar-refractivity contribution is -0.385. The zero-order valence-corrected chi connectivity index (χ0v) is 11.8. The Kier molecular flexibility index (Phi) is 2.46. The van der Waals surface area contributed by atoms with Crippen molar-refractivity contribution in [3.63, 3.8) is 0 Å². The van der Waals surface area contributed by atoms with E-state index in [9.17, 15) is 17.6 Å². The van der Waals surface area contributed by atoms with Crippen LogP contribution in [0.1, 0.15) is 34.5 Å². The first-order chi connectivity index (χ1) is 11.3. The third kappa shape index (κ3) is 1.81. The summed E-state index contributed by atoms with van der Waals surface area (Å²) in [7, 11) is 0. The molecule has 2 aromatic carbocycles. The number of hydrogen-bond acceptors (Lipinski definition) is 4. The average Bonchev–Trinajstić information content (AvgIpc) is 2.49. The van der Waals surface area contributed by atoms with Gasteiger partial charge in [0.15, 0.2) is 0 Å². The second kappa shape index (κ2) is 4.20. The molecule has 124 valence electrons. The summed E-state index contributed by atoms with van der Waals surface area (Å²) in [4.78, 5) is 0. The zero-order valence-electron chi connectivity index (χ0n) is 11.8. The van der Waals surface area contributed by atoms with E-state index in [1.165, 1.54) is 36.4 Å². The number of rotatable bonds is 0. The molecule has 5 rings (SSSR count). The molecule has 3 aliphatic rings. The van der Waals surface area contributed by atoms with Crippen molar-refractivity contribution >= 4 is 0 Å². The van der Waals surface area contributed by atoms with Gasteiger partial charge in [0, 0.05) is 11.1 Å². The molecule has 8 heteroatoms. The highest BCUT2D eigenvalue weighted by atomic mass is 19.3. The Labute approximate surface area is 132 Å². The van der Waals surface area contributed by atoms with Crippen molar-refractivity contribution < 1.29 is 36.5 Å². The fourth-order valence-corrected chi connectivity index (χ4v) is 3.45. The van der Waals surface area contributed by atoms with Crippen molar-refractivity contribution in [1.82, 2.24) is 0 Å². The van der Waals surface area contributed by atoms with Crippen molar-refractivity contribution in [1.29, 1.82) is 0 Å². The molecule has 0 N–H and O–H groups in total. The summed E-state index contributed by atoms with van der Waals surface area (Å²) in [6.07, 6.45) is -9.98. The van der Waals surface area contributed by atoms with E-state index in [1.807, 2.05) is 0 Å². The lowest BCUT2D eigenvalue weighted by Gasteiger charge is -2.42. The van der Waals surface area contributed by atoms with Gasteiger partial charge >= 0.3 is 12.6 Å². The minimum Gasteiger partial charge on any atom is -0.409 e. The van der Waals surface area contributed by atoms with Crippen LogP contribution in [0.2, 0.25) is 0 Å². The monoisotopic (exact) mass is 340 g/mol. The smallest absolute Gasteiger partial charge is 0.409 e. The van der Waals surface area contributed by atoms with Crippen LogP contribution in [0, 0.1) is 0 Å². The number of halogens is 4. The normalized spacial score (nSPS) is 27.3. The van der Waals surface area contributed by atoms with Crippen LogP contribution in [-0.2, 0) is 9.47 Å². The van der Waals surface area contributed by atoms with Crippen molar-refractivity contribution in [3.05, 3.63) is 58.7 Å². The molecule has 0 amide bonds. The van der Waals surface area contributed by atoms with E-state index in [-0.39, 0.29) is 33.8 Å². The first-order valence-electron chi connectivity index (χ1n) is 7.09. The molecular formula is C16H8F4O4. The summed E-state index contributed by atoms with van der Waals surface area (Å²) in [6, 6.07) is 8.61. The largest absolute Gasteiger partial charge is 0.536 e. The van der Waals surface area contributed by atoms with Crippen LogP contribution in [0.15, 0.2) is 36.4 Å². The number of fused-ring (bicyclic) bond motifs is 2. The van der Waals surface area contributed by atoms with Crippen LogP contribution in [0.4, 0.5) is 17.6 Å². The van der Waals surface area contributed by atoms with Crippen LogP contribution >= 0.6 is 0 Å². The van der Waals surface area contributed by atoms with Crippen LogP contribution in [0.25, 0.3) is 0 Å². The maximum absolute atomic E-state index is 13.8. The maximum Gasteiger partial charge on any atom is 0.536 e. The molecule has 0 fully saturated rings. The minimum absolute atomic E-state index is 0.122. The van der Waals surface area contributed by atoms with Crippen LogP contribution in [-0.4, -0.2) is 12.6 Å². The lowest BCUT2D eigenvalue weighted by Crippen LogP contribution is -2.42. The fourth-order valence-electron chi connectivity index (χ4n) is 3.45. The highest BCUT2D eigenvalue weighted by molar-refractivity contribution is 5.60. The standard InChI is InChI=1S/C16H8F4O4/c17-15(18)21-9-5-1-3-7-11(9)14(24-15)8-4-2-6-10-12(8)13(7)23-16(19,20)22-10/h1-6,13-14H. The molecule has 0 aromatic heterocycles. The Morgan fingerprint density at radius 2 is 1.08 bits per heavy atom. The van der Waals surface area contributed by atoms with Crippen molar-refractivity contribution in [2.75, 3.05) is 0 Å². The van der Waals surface area contributed by atoms with Gasteiger partial charge in [-0.2, -0.15) is 0 Å². The Morgan fingerprint density at radius 3 is 1.50 bits per heavy atom. The topological polar surface area (TPSA) is 36.9 Å². The Hall–Kier alpha value is -2.32. The fraction of sp³-hybridized carbons (Fsp3) is 0.250. The summed E-state index contributed by atoms with van der Waals surface area (Å²) in [6.45, 7) is 0. The van der Waals surface area contributed by atoms with Gasteiger partial charge in [-0.3, -0.25) is 9.47 Å². The van der Waals surface area contributed by atoms with Crippen molar-refractivity contribution in [2.45, 2.75) is 24.8 Å². The van der Waals surface area contributed by atoms with Crippen LogP contribution in [0.5, 0.6) is 11.5 Å². The van der Waals surface area contributed by atoms with Gasteiger partial charge < -0.3 is 9.47 Å². The molecule has 2 unspecified atom stereocenters. The van der Waals surface area contributed by atoms with Gasteiger partial charge in [0.2, 0.25) is 0 Å². The molecule has 0 saturated carbocycles. The molecule has 0 spiro atoms. The third-order valence-corrected chi connectivity index (χ3v) is 4.26. The lowest BCUT2D eigenvalue weighted by atomic mass is 9.80. The van der Waals surface area contributed by atoms with E-state index in [2.05, 4.69) is 9.47 Å². The minimum atomic E-state index is -3.83. The first-order valence-corrected chi connectivity index (χ1v) is 7.09. The predicted octanol–water partition coefficient (Wildman–Crippen LogP) is 4.10. The summed E-state index contributed by atoms with van der Waals surface area (Å²) >= 11 is 0. The second-order valence-corrected chi connectivity index (χ2v) is 5.64. The van der Waals surface area contributed by atoms with Gasteiger partial charge in [-0.1, -0.05) is 24.3 Å². The van der Waals surface area contributed by atoms with Crippen molar-refractivity contribution in [3.8, 4) is 11.5 Å². The van der Waals surface area contributed by atoms with Crippen molar-refractivity contribution in [2.24, 2.45) is 0 Å². The van der Waals surface area contributed by atoms with Gasteiger partial charge in [0.1, 0.15) is 23.7 Å². The molecule has 0 bridgehead atoms. The van der Waals surface area contributed by atoms with E-state index in [4.69, 9.17) is 9.47 Å². The van der Waals surface area contributed by atoms with Gasteiger partial charge in [-0.05, 0) is 23.3 Å². The Morgan fingerprint density at radius 1 is 0.667 bits per heavy atom. The predicted molar refractivity (Wildman–Crippen MR) is 69.9 cm³/mol. The number of hydrogen-bond donors (Lipinski definition) is 0. The summed E-state index contributed by atoms with van der Waals surface area (Å²) in [5, 5.41) is 0. The molecule has 4 nitrogen and oxygen atoms in total. The Bertz CT molecular complexity index is 796. The number of ether oxygens (including phenoxy) is 4. The SMILES string of the molecule is FC1(F)Oc2cccc3c2C(O1)c1cccc2c1C3OC(F)(F)O2. The molecule has 1 aliphatic carbocycles. The maximum atomic E-state index is 13.8. The number of benzene rings is 2. The molecule has 0 saturated heterocycles. The summed E-state index contributed by atoms with van der Waals surface area (Å²) in [5.74, 6) is -0.244. The zero-order chi connectivity index (χ0) is 16.7. The molecule has 2 aliphatic heterocycles. The first kappa shape index (κ1) is 14.1. The van der Waals surface area contributed by atoms with Gasteiger partial charge in [0.25, 0.3) is 0 Å². The number of alkyl halides is 4.